The first-order chi connectivity index (χ1) is 67.1. The predicted octanol–water partition coefficient (Wildman–Crippen LogP) is -6.93. The van der Waals surface area contributed by atoms with Crippen molar-refractivity contribution in [2.75, 3.05) is 55.7 Å². The van der Waals surface area contributed by atoms with Crippen LogP contribution in [0.3, 0.4) is 0 Å². The Hall–Kier alpha value is -14.0. The van der Waals surface area contributed by atoms with E-state index in [0.29, 0.717) is 39.6 Å². The van der Waals surface area contributed by atoms with E-state index >= 15 is 14.4 Å². The van der Waals surface area contributed by atoms with Crippen molar-refractivity contribution in [1.29, 1.82) is 0 Å². The molecule has 48 heteroatoms. The molecule has 1 heterocycles. The van der Waals surface area contributed by atoms with Crippen molar-refractivity contribution < 1.29 is 117 Å². The topological polar surface area (TPSA) is 741 Å². The summed E-state index contributed by atoms with van der Waals surface area (Å²) in [4.78, 5) is 268. The Morgan fingerprint density at radius 2 is 0.730 bits per heavy atom. The van der Waals surface area contributed by atoms with Crippen molar-refractivity contribution in [1.82, 2.24) is 90.1 Å². The van der Waals surface area contributed by atoms with Crippen LogP contribution in [0.15, 0.2) is 152 Å². The molecular weight excluding hydrogens is 1870 g/mol. The van der Waals surface area contributed by atoms with Gasteiger partial charge in [0, 0.05) is 60.0 Å². The van der Waals surface area contributed by atoms with Gasteiger partial charge in [-0.05, 0) is 127 Å². The quantitative estimate of drug-likeness (QED) is 0.0125. The lowest BCUT2D eigenvalue weighted by Gasteiger charge is -2.32. The molecule has 0 saturated carbocycles. The summed E-state index contributed by atoms with van der Waals surface area (Å²) in [7, 11) is 0. The monoisotopic (exact) mass is 2000 g/mol. The number of aliphatic hydroxyl groups is 4. The van der Waals surface area contributed by atoms with Crippen molar-refractivity contribution in [2.45, 2.75) is 214 Å². The predicted molar refractivity (Wildman–Crippen MR) is 521 cm³/mol. The summed E-state index contributed by atoms with van der Waals surface area (Å²) in [6, 6.07) is 13.1. The number of aliphatic hydroxyl groups excluding tert-OH is 4. The molecule has 0 bridgehead atoms. The van der Waals surface area contributed by atoms with Crippen molar-refractivity contribution in [3.63, 3.8) is 0 Å². The third kappa shape index (κ3) is 37.9. The number of rotatable bonds is 60. The lowest BCUT2D eigenvalue weighted by atomic mass is 10.0. The van der Waals surface area contributed by atoms with E-state index in [1.807, 2.05) is 0 Å². The fourth-order valence-electron chi connectivity index (χ4n) is 14.4. The number of unbranched alkanes of at least 4 members (excludes halogenated alkanes) is 2. The van der Waals surface area contributed by atoms with Gasteiger partial charge in [0.1, 0.15) is 90.6 Å². The Bertz CT molecular complexity index is 5230. The number of benzene rings is 5. The van der Waals surface area contributed by atoms with Gasteiger partial charge in [-0.2, -0.15) is 25.3 Å². The number of nitrogens with one attached hydrogen (secondary N) is 17. The fourth-order valence-corrected chi connectivity index (χ4v) is 15.0. The number of nitrogens with two attached hydrogens (primary N) is 4. The van der Waals surface area contributed by atoms with Crippen LogP contribution in [0.25, 0.3) is 10.9 Å². The van der Waals surface area contributed by atoms with Gasteiger partial charge in [0.2, 0.25) is 100 Å². The first-order valence-corrected chi connectivity index (χ1v) is 46.7. The zero-order valence-electron chi connectivity index (χ0n) is 78.4. The summed E-state index contributed by atoms with van der Waals surface area (Å²) < 4.78 is 0. The molecule has 18 atom stereocenters. The highest BCUT2D eigenvalue weighted by atomic mass is 32.1. The Kier molecular flexibility index (Phi) is 48.8. The summed E-state index contributed by atoms with van der Waals surface area (Å²) in [6.45, 7) is 3.36. The van der Waals surface area contributed by atoms with Crippen LogP contribution < -0.4 is 113 Å². The second-order valence-corrected chi connectivity index (χ2v) is 34.1. The molecule has 46 nitrogen and oxygen atoms in total. The Morgan fingerprint density at radius 1 is 0.369 bits per heavy atom. The molecule has 1 aromatic heterocycles. The number of carboxylic acids is 1. The SMILES string of the molecule is C[C@H](NC(=O)CNC(=O)CN)C(=O)NCC(=O)N[C@@H](CS)C(=O)N[C@@H](CCCCN)C(=O)N[C@@H](CC(N)=O)C(=O)N[C@@H](C)C(=O)N[C@@H](Cc1ccccc1)C(=O)N[C@@H](Cc1c[nH]c2ccccc12)C(=O)N[C@@H](CCCCN)C(=O)N[C@H](C(=O)N[C@@H](Cc1ccccc1)C(=O)N[C@H](C(=O)N[C@@H](Cc1ccccc1)C(=O)N[C@H](C(=O)N[C@@H](CO)C(=O)N(c1ccccc1)[C@@H](CS)C(=O)O)[C@@H](C)O)[C@@H](C)O)[C@@H](C)O. The summed E-state index contributed by atoms with van der Waals surface area (Å²) >= 11 is 8.30. The molecule has 18 amide bonds. The lowest BCUT2D eigenvalue weighted by molar-refractivity contribution is -0.140. The number of aliphatic carboxylic acids is 1. The van der Waals surface area contributed by atoms with Gasteiger partial charge in [-0.3, -0.25) is 91.2 Å². The largest absolute Gasteiger partial charge is 0.480 e. The summed E-state index contributed by atoms with van der Waals surface area (Å²) in [5, 5.41) is 94.2. The third-order valence-corrected chi connectivity index (χ3v) is 22.8. The van der Waals surface area contributed by atoms with E-state index < -0.39 is 253 Å². The number of hydrogen-bond acceptors (Lipinski definition) is 28. The minimum absolute atomic E-state index is 0.0519. The van der Waals surface area contributed by atoms with Gasteiger partial charge in [0.15, 0.2) is 0 Å². The highest BCUT2D eigenvalue weighted by molar-refractivity contribution is 7.80. The molecule has 0 aliphatic rings. The van der Waals surface area contributed by atoms with Gasteiger partial charge in [-0.15, -0.1) is 0 Å². The lowest BCUT2D eigenvalue weighted by Crippen LogP contribution is -2.64. The Balaban J connectivity index is 1.22. The molecule has 6 aromatic rings. The number of aromatic nitrogens is 1. The summed E-state index contributed by atoms with van der Waals surface area (Å²) in [5.41, 5.74) is 24.9. The number of nitrogens with zero attached hydrogens (tertiary/aromatic N) is 1. The van der Waals surface area contributed by atoms with Crippen LogP contribution in [0.2, 0.25) is 0 Å². The van der Waals surface area contributed by atoms with Crippen LogP contribution in [-0.2, 0) is 117 Å². The van der Waals surface area contributed by atoms with Crippen molar-refractivity contribution >= 4 is 154 Å². The van der Waals surface area contributed by atoms with Gasteiger partial charge < -0.3 is 139 Å². The number of anilines is 1. The van der Waals surface area contributed by atoms with Crippen LogP contribution in [-0.4, -0.2) is 303 Å². The van der Waals surface area contributed by atoms with E-state index in [9.17, 15) is 102 Å². The number of amides is 18. The number of primary amides is 1. The van der Waals surface area contributed by atoms with Gasteiger partial charge in [0.25, 0.3) is 5.91 Å². The second kappa shape index (κ2) is 59.4. The zero-order valence-corrected chi connectivity index (χ0v) is 80.2. The number of H-pyrrole nitrogens is 1. The maximum absolute atomic E-state index is 15.3. The van der Waals surface area contributed by atoms with Gasteiger partial charge in [-0.1, -0.05) is 127 Å². The summed E-state index contributed by atoms with van der Waals surface area (Å²) in [6.07, 6.45) is -5.41. The van der Waals surface area contributed by atoms with Crippen molar-refractivity contribution in [3.8, 4) is 0 Å². The van der Waals surface area contributed by atoms with Crippen molar-refractivity contribution in [2.24, 2.45) is 22.9 Å². The fraction of sp³-hybridized carbons (Fsp3) is 0.452. The molecule has 0 saturated heterocycles. The van der Waals surface area contributed by atoms with E-state index in [4.69, 9.17) is 22.9 Å². The highest BCUT2D eigenvalue weighted by Gasteiger charge is 2.42. The van der Waals surface area contributed by atoms with E-state index in [1.54, 1.807) is 128 Å². The van der Waals surface area contributed by atoms with E-state index in [2.05, 4.69) is 115 Å². The molecule has 5 aromatic carbocycles. The minimum atomic E-state index is -1.99. The van der Waals surface area contributed by atoms with Crippen LogP contribution in [0.4, 0.5) is 5.69 Å². The number of carboxylic acid groups (broad SMARTS) is 1. The van der Waals surface area contributed by atoms with E-state index in [1.165, 1.54) is 38.1 Å². The average Bonchev–Trinajstić information content (AvgIpc) is 1.25. The standard InChI is InChI=1S/C93H128N22O24S2/c1-50(101-74(122)45-99-73(121)43-96)79(124)100-46-75(123)103-70(48-140)88(133)105-62(34-20-22-36-94)81(126)108-68(42-72(97)120)83(128)102-51(2)80(125)106-64(38-55-24-10-6-11-25-55)84(129)107-67(41-58-44-98-61-33-19-18-32-60(58)61)85(130)104-63(35-21-23-37-95)82(127)112-76(52(3)117)89(134)109-65(39-56-26-12-7-13-27-56)86(131)113-77(53(4)118)90(135)110-66(40-57-28-14-8-15-29-57)87(132)114-78(54(5)119)91(136)111-69(47-116)92(137)115(71(49-141)93(138)139)59-30-16-9-17-31-59/h6-19,24-33,44,50-54,62-71,76-78,98,116-119,140-141H,20-23,34-43,45-49,94-96H2,1-5H3,(H2,97,120)(H,99,121)(H,100,124)(H,101,122)(H,102,128)(H,103,123)(H,104,130)(H,105,133)(H,106,125)(H,107,129)(H,108,126)(H,109,134)(H,110,135)(H,111,136)(H,112,127)(H,113,131)(H,114,132)(H,138,139)/t50-,51-,52+,53+,54+,62-,63-,64-,65-,66-,67-,68-,69-,70-,71-,76-,77-,78-/m0/s1. The molecule has 0 unspecified atom stereocenters. The van der Waals surface area contributed by atoms with E-state index in [0.717, 1.165) is 25.7 Å². The maximum Gasteiger partial charge on any atom is 0.327 e. The molecule has 30 N–H and O–H groups in total. The number of thiol groups is 2. The van der Waals surface area contributed by atoms with Crippen LogP contribution in [0.5, 0.6) is 0 Å². The van der Waals surface area contributed by atoms with Crippen LogP contribution >= 0.6 is 25.3 Å². The molecule has 0 radical (unpaired) electrons. The zero-order chi connectivity index (χ0) is 104. The van der Waals surface area contributed by atoms with Crippen LogP contribution in [0.1, 0.15) is 102 Å². The Morgan fingerprint density at radius 3 is 1.16 bits per heavy atom. The molecule has 0 spiro atoms. The van der Waals surface area contributed by atoms with Crippen molar-refractivity contribution in [3.05, 3.63) is 174 Å². The first kappa shape index (κ1) is 116. The number of carbonyl (C=O) groups excluding carboxylic acids is 18. The molecule has 0 aliphatic carbocycles. The normalized spacial score (nSPS) is 14.9. The number of fused-ring (bicyclic) bond motifs is 1. The molecule has 141 heavy (non-hydrogen) atoms. The number of carbonyl (C=O) groups is 19. The highest BCUT2D eigenvalue weighted by Crippen LogP contribution is 2.23. The molecular formula is C93H128N22O24S2. The number of para-hydroxylation sites is 2. The van der Waals surface area contributed by atoms with Crippen LogP contribution in [0, 0.1) is 0 Å². The van der Waals surface area contributed by atoms with Gasteiger partial charge >= 0.3 is 5.97 Å². The number of aromatic amines is 1. The smallest absolute Gasteiger partial charge is 0.327 e. The molecule has 0 fully saturated rings. The molecule has 766 valence electrons. The van der Waals surface area contributed by atoms with E-state index in [-0.39, 0.29) is 88.9 Å². The Labute approximate surface area is 823 Å². The maximum atomic E-state index is 15.3. The first-order valence-electron chi connectivity index (χ1n) is 45.5. The second-order valence-electron chi connectivity index (χ2n) is 33.3. The number of hydrogen-bond donors (Lipinski definition) is 28. The molecule has 0 aliphatic heterocycles. The third-order valence-electron chi connectivity index (χ3n) is 22.1. The summed E-state index contributed by atoms with van der Waals surface area (Å²) in [5.74, 6) is -21.0. The van der Waals surface area contributed by atoms with Gasteiger partial charge in [-0.25, -0.2) is 4.79 Å². The molecule has 6 rings (SSSR count). The minimum Gasteiger partial charge on any atom is -0.480 e. The average molecular weight is 2000 g/mol. The van der Waals surface area contributed by atoms with Gasteiger partial charge in [0.05, 0.1) is 51.0 Å².